The molecular weight excluding hydrogens is 232 g/mol. The Morgan fingerprint density at radius 2 is 2.11 bits per heavy atom. The molecule has 0 saturated carbocycles. The van der Waals surface area contributed by atoms with Crippen molar-refractivity contribution >= 4 is 0 Å². The van der Waals surface area contributed by atoms with Crippen LogP contribution in [0, 0.1) is 25.7 Å². The first-order valence-electron chi connectivity index (χ1n) is 7.54. The SMILES string of the molecule is Cc1ccc(C)c(C(C)N2CCC(C)C(CN)C2)c1. The summed E-state index contributed by atoms with van der Waals surface area (Å²) >= 11 is 0. The van der Waals surface area contributed by atoms with Crippen LogP contribution in [0.4, 0.5) is 0 Å². The molecule has 1 aromatic rings. The van der Waals surface area contributed by atoms with Gasteiger partial charge in [0, 0.05) is 12.6 Å². The first-order chi connectivity index (χ1) is 9.02. The van der Waals surface area contributed by atoms with Gasteiger partial charge in [-0.3, -0.25) is 4.90 Å². The highest BCUT2D eigenvalue weighted by atomic mass is 15.2. The molecule has 2 heteroatoms. The highest BCUT2D eigenvalue weighted by Gasteiger charge is 2.28. The Labute approximate surface area is 118 Å². The van der Waals surface area contributed by atoms with Gasteiger partial charge in [0.2, 0.25) is 0 Å². The molecule has 0 spiro atoms. The van der Waals surface area contributed by atoms with Crippen LogP contribution in [0.2, 0.25) is 0 Å². The second-order valence-corrected chi connectivity index (χ2v) is 6.29. The van der Waals surface area contributed by atoms with E-state index in [9.17, 15) is 0 Å². The Morgan fingerprint density at radius 1 is 1.37 bits per heavy atom. The molecular formula is C17H28N2. The van der Waals surface area contributed by atoms with Crippen LogP contribution in [0.5, 0.6) is 0 Å². The minimum atomic E-state index is 0.501. The standard InChI is InChI=1S/C17H28N2/c1-12-5-6-14(3)17(9-12)15(4)19-8-7-13(2)16(10-18)11-19/h5-6,9,13,15-16H,7-8,10-11,18H2,1-4H3. The van der Waals surface area contributed by atoms with E-state index >= 15 is 0 Å². The predicted molar refractivity (Wildman–Crippen MR) is 82.2 cm³/mol. The summed E-state index contributed by atoms with van der Waals surface area (Å²) in [7, 11) is 0. The van der Waals surface area contributed by atoms with Crippen molar-refractivity contribution in [2.75, 3.05) is 19.6 Å². The fourth-order valence-electron chi connectivity index (χ4n) is 3.24. The van der Waals surface area contributed by atoms with E-state index in [0.29, 0.717) is 12.0 Å². The fourth-order valence-corrected chi connectivity index (χ4v) is 3.24. The maximum absolute atomic E-state index is 5.92. The van der Waals surface area contributed by atoms with E-state index in [2.05, 4.69) is 50.8 Å². The van der Waals surface area contributed by atoms with Gasteiger partial charge in [-0.05, 0) is 63.2 Å². The summed E-state index contributed by atoms with van der Waals surface area (Å²) in [4.78, 5) is 2.61. The maximum atomic E-state index is 5.92. The molecule has 1 saturated heterocycles. The van der Waals surface area contributed by atoms with Crippen molar-refractivity contribution in [2.24, 2.45) is 17.6 Å². The predicted octanol–water partition coefficient (Wildman–Crippen LogP) is 3.28. The third kappa shape index (κ3) is 3.18. The lowest BCUT2D eigenvalue weighted by Gasteiger charge is -2.40. The van der Waals surface area contributed by atoms with E-state index in [1.54, 1.807) is 0 Å². The van der Waals surface area contributed by atoms with Crippen LogP contribution in [-0.2, 0) is 0 Å². The van der Waals surface area contributed by atoms with Crippen molar-refractivity contribution < 1.29 is 0 Å². The number of piperidine rings is 1. The zero-order valence-corrected chi connectivity index (χ0v) is 12.8. The monoisotopic (exact) mass is 260 g/mol. The molecule has 19 heavy (non-hydrogen) atoms. The molecule has 1 fully saturated rings. The molecule has 0 radical (unpaired) electrons. The van der Waals surface area contributed by atoms with Gasteiger partial charge in [-0.25, -0.2) is 0 Å². The molecule has 2 rings (SSSR count). The molecule has 1 heterocycles. The van der Waals surface area contributed by atoms with Crippen LogP contribution in [-0.4, -0.2) is 24.5 Å². The van der Waals surface area contributed by atoms with Gasteiger partial charge in [-0.15, -0.1) is 0 Å². The third-order valence-corrected chi connectivity index (χ3v) is 4.88. The Hall–Kier alpha value is -0.860. The summed E-state index contributed by atoms with van der Waals surface area (Å²) in [6, 6.07) is 7.29. The third-order valence-electron chi connectivity index (χ3n) is 4.88. The quantitative estimate of drug-likeness (QED) is 0.903. The van der Waals surface area contributed by atoms with Crippen LogP contribution < -0.4 is 5.73 Å². The maximum Gasteiger partial charge on any atom is 0.0322 e. The number of rotatable bonds is 3. The number of likely N-dealkylation sites (tertiary alicyclic amines) is 1. The lowest BCUT2D eigenvalue weighted by atomic mass is 9.85. The van der Waals surface area contributed by atoms with Crippen molar-refractivity contribution in [3.05, 3.63) is 34.9 Å². The summed E-state index contributed by atoms with van der Waals surface area (Å²) in [5.41, 5.74) is 10.2. The average molecular weight is 260 g/mol. The number of nitrogens with zero attached hydrogens (tertiary/aromatic N) is 1. The number of hydrogen-bond acceptors (Lipinski definition) is 2. The van der Waals surface area contributed by atoms with Gasteiger partial charge in [0.1, 0.15) is 0 Å². The minimum absolute atomic E-state index is 0.501. The smallest absolute Gasteiger partial charge is 0.0322 e. The van der Waals surface area contributed by atoms with Crippen LogP contribution in [0.15, 0.2) is 18.2 Å². The number of nitrogens with two attached hydrogens (primary N) is 1. The van der Waals surface area contributed by atoms with Gasteiger partial charge in [-0.1, -0.05) is 30.7 Å². The molecule has 0 aliphatic carbocycles. The topological polar surface area (TPSA) is 29.3 Å². The van der Waals surface area contributed by atoms with Crippen LogP contribution in [0.25, 0.3) is 0 Å². The molecule has 1 aliphatic rings. The Balaban J connectivity index is 2.15. The fraction of sp³-hybridized carbons (Fsp3) is 0.647. The molecule has 0 bridgehead atoms. The zero-order valence-electron chi connectivity index (χ0n) is 12.8. The van der Waals surface area contributed by atoms with E-state index in [4.69, 9.17) is 5.73 Å². The molecule has 1 aliphatic heterocycles. The highest BCUT2D eigenvalue weighted by molar-refractivity contribution is 5.32. The molecule has 0 amide bonds. The van der Waals surface area contributed by atoms with Gasteiger partial charge in [0.15, 0.2) is 0 Å². The molecule has 2 N–H and O–H groups in total. The highest BCUT2D eigenvalue weighted by Crippen LogP contribution is 2.31. The second-order valence-electron chi connectivity index (χ2n) is 6.29. The van der Waals surface area contributed by atoms with Crippen molar-refractivity contribution in [1.29, 1.82) is 0 Å². The molecule has 106 valence electrons. The van der Waals surface area contributed by atoms with Crippen molar-refractivity contribution in [2.45, 2.75) is 40.2 Å². The summed E-state index contributed by atoms with van der Waals surface area (Å²) in [6.07, 6.45) is 1.27. The summed E-state index contributed by atoms with van der Waals surface area (Å²) < 4.78 is 0. The van der Waals surface area contributed by atoms with Gasteiger partial charge in [0.25, 0.3) is 0 Å². The van der Waals surface area contributed by atoms with Gasteiger partial charge >= 0.3 is 0 Å². The average Bonchev–Trinajstić information content (AvgIpc) is 2.41. The van der Waals surface area contributed by atoms with Gasteiger partial charge in [0.05, 0.1) is 0 Å². The summed E-state index contributed by atoms with van der Waals surface area (Å²) in [5, 5.41) is 0. The second kappa shape index (κ2) is 6.06. The van der Waals surface area contributed by atoms with E-state index in [0.717, 1.165) is 19.0 Å². The molecule has 2 nitrogen and oxygen atoms in total. The normalized spacial score (nSPS) is 26.4. The molecule has 3 unspecified atom stereocenters. The first kappa shape index (κ1) is 14.5. The lowest BCUT2D eigenvalue weighted by molar-refractivity contribution is 0.0976. The Bertz CT molecular complexity index is 427. The zero-order chi connectivity index (χ0) is 14.0. The number of aryl methyl sites for hydroxylation is 2. The number of benzene rings is 1. The lowest BCUT2D eigenvalue weighted by Crippen LogP contribution is -2.43. The Kier molecular flexibility index (Phi) is 4.64. The van der Waals surface area contributed by atoms with E-state index in [1.807, 2.05) is 0 Å². The molecule has 3 atom stereocenters. The van der Waals surface area contributed by atoms with Crippen LogP contribution >= 0.6 is 0 Å². The van der Waals surface area contributed by atoms with Crippen LogP contribution in [0.1, 0.15) is 43.0 Å². The largest absolute Gasteiger partial charge is 0.330 e. The Morgan fingerprint density at radius 3 is 2.79 bits per heavy atom. The van der Waals surface area contributed by atoms with E-state index in [-0.39, 0.29) is 0 Å². The van der Waals surface area contributed by atoms with E-state index in [1.165, 1.54) is 29.7 Å². The van der Waals surface area contributed by atoms with Crippen molar-refractivity contribution in [3.63, 3.8) is 0 Å². The minimum Gasteiger partial charge on any atom is -0.330 e. The van der Waals surface area contributed by atoms with Crippen molar-refractivity contribution in [3.8, 4) is 0 Å². The summed E-state index contributed by atoms with van der Waals surface area (Å²) in [5.74, 6) is 1.42. The summed E-state index contributed by atoms with van der Waals surface area (Å²) in [6.45, 7) is 12.2. The van der Waals surface area contributed by atoms with Crippen LogP contribution in [0.3, 0.4) is 0 Å². The molecule has 1 aromatic carbocycles. The van der Waals surface area contributed by atoms with Crippen molar-refractivity contribution in [1.82, 2.24) is 4.90 Å². The van der Waals surface area contributed by atoms with Gasteiger partial charge < -0.3 is 5.73 Å². The van der Waals surface area contributed by atoms with E-state index < -0.39 is 0 Å². The van der Waals surface area contributed by atoms with Gasteiger partial charge in [-0.2, -0.15) is 0 Å². The molecule has 0 aromatic heterocycles. The first-order valence-corrected chi connectivity index (χ1v) is 7.54. The number of hydrogen-bond donors (Lipinski definition) is 1.